The molecule has 0 aromatic heterocycles. The van der Waals surface area contributed by atoms with Crippen molar-refractivity contribution in [3.63, 3.8) is 0 Å². The molecule has 19 heavy (non-hydrogen) atoms. The first kappa shape index (κ1) is 14.0. The number of nitrogens with one attached hydrogen (secondary N) is 1. The highest BCUT2D eigenvalue weighted by molar-refractivity contribution is 6.32. The minimum Gasteiger partial charge on any atom is -0.443 e. The number of carbonyl (C=O) groups is 1. The van der Waals surface area contributed by atoms with Gasteiger partial charge in [-0.15, -0.1) is 0 Å². The first-order valence-electron chi connectivity index (χ1n) is 6.33. The van der Waals surface area contributed by atoms with Crippen molar-refractivity contribution in [2.75, 3.05) is 23.3 Å². The molecule has 0 saturated carbocycles. The van der Waals surface area contributed by atoms with E-state index in [4.69, 9.17) is 16.3 Å². The van der Waals surface area contributed by atoms with E-state index in [9.17, 15) is 4.79 Å². The van der Waals surface area contributed by atoms with Gasteiger partial charge in [0.15, 0.2) is 0 Å². The second-order valence-corrected chi connectivity index (χ2v) is 6.03. The van der Waals surface area contributed by atoms with Gasteiger partial charge in [-0.3, -0.25) is 4.90 Å². The molecule has 1 aliphatic heterocycles. The van der Waals surface area contributed by atoms with Gasteiger partial charge < -0.3 is 10.1 Å². The van der Waals surface area contributed by atoms with Crippen LogP contribution in [0.15, 0.2) is 12.1 Å². The molecule has 1 amide bonds. The maximum Gasteiger partial charge on any atom is 0.414 e. The highest BCUT2D eigenvalue weighted by Crippen LogP contribution is 2.37. The maximum atomic E-state index is 12.3. The fourth-order valence-electron chi connectivity index (χ4n) is 2.08. The Labute approximate surface area is 118 Å². The average molecular weight is 283 g/mol. The van der Waals surface area contributed by atoms with E-state index in [-0.39, 0.29) is 6.09 Å². The van der Waals surface area contributed by atoms with Crippen LogP contribution in [0.5, 0.6) is 0 Å². The first-order chi connectivity index (χ1) is 8.79. The molecule has 0 bridgehead atoms. The molecule has 1 aromatic carbocycles. The summed E-state index contributed by atoms with van der Waals surface area (Å²) in [4.78, 5) is 13.9. The summed E-state index contributed by atoms with van der Waals surface area (Å²) < 4.78 is 5.45. The molecule has 5 heteroatoms. The topological polar surface area (TPSA) is 41.6 Å². The number of fused-ring (bicyclic) bond motifs is 1. The highest BCUT2D eigenvalue weighted by atomic mass is 35.5. The van der Waals surface area contributed by atoms with Crippen LogP contribution in [0.25, 0.3) is 0 Å². The molecule has 0 atom stereocenters. The highest BCUT2D eigenvalue weighted by Gasteiger charge is 2.29. The van der Waals surface area contributed by atoms with Crippen molar-refractivity contribution in [1.82, 2.24) is 0 Å². The minimum atomic E-state index is -0.505. The molecular weight excluding hydrogens is 264 g/mol. The molecular formula is C14H19ClN2O2. The summed E-state index contributed by atoms with van der Waals surface area (Å²) in [5.74, 6) is 0. The predicted octanol–water partition coefficient (Wildman–Crippen LogP) is 3.82. The van der Waals surface area contributed by atoms with Gasteiger partial charge in [0.05, 0.1) is 11.4 Å². The van der Waals surface area contributed by atoms with Crippen LogP contribution >= 0.6 is 11.6 Å². The van der Waals surface area contributed by atoms with Crippen LogP contribution in [-0.2, 0) is 4.74 Å². The van der Waals surface area contributed by atoms with Gasteiger partial charge in [0.2, 0.25) is 0 Å². The largest absolute Gasteiger partial charge is 0.443 e. The summed E-state index contributed by atoms with van der Waals surface area (Å²) in [5.41, 5.74) is 2.11. The molecule has 0 fully saturated rings. The Hall–Kier alpha value is -1.42. The van der Waals surface area contributed by atoms with Gasteiger partial charge in [-0.25, -0.2) is 4.79 Å². The zero-order valence-electron chi connectivity index (χ0n) is 11.7. The lowest BCUT2D eigenvalue weighted by molar-refractivity contribution is 0.0580. The summed E-state index contributed by atoms with van der Waals surface area (Å²) in [6, 6.07) is 3.72. The number of anilines is 2. The summed E-state index contributed by atoms with van der Waals surface area (Å²) >= 11 is 6.14. The Kier molecular flexibility index (Phi) is 3.63. The standard InChI is InChI=1S/C14H19ClN2O2/c1-9-10(15)5-6-11-12(9)17(8-7-16-11)13(18)19-14(2,3)4/h5-6,16H,7-8H2,1-4H3. The number of nitrogens with zero attached hydrogens (tertiary/aromatic N) is 1. The van der Waals surface area contributed by atoms with Crippen LogP contribution in [0.2, 0.25) is 5.02 Å². The third-order valence-electron chi connectivity index (χ3n) is 2.90. The number of carbonyl (C=O) groups excluding carboxylic acids is 1. The van der Waals surface area contributed by atoms with Gasteiger partial charge >= 0.3 is 6.09 Å². The quantitative estimate of drug-likeness (QED) is 0.786. The molecule has 1 aliphatic rings. The van der Waals surface area contributed by atoms with Gasteiger partial charge in [0, 0.05) is 18.1 Å². The van der Waals surface area contributed by atoms with Crippen molar-refractivity contribution in [3.05, 3.63) is 22.7 Å². The van der Waals surface area contributed by atoms with Crippen LogP contribution < -0.4 is 10.2 Å². The third kappa shape index (κ3) is 2.95. The summed E-state index contributed by atoms with van der Waals surface area (Å²) in [6.07, 6.45) is -0.333. The molecule has 0 unspecified atom stereocenters. The minimum absolute atomic E-state index is 0.333. The molecule has 104 valence electrons. The van der Waals surface area contributed by atoms with Crippen LogP contribution in [0.1, 0.15) is 26.3 Å². The van der Waals surface area contributed by atoms with E-state index >= 15 is 0 Å². The zero-order valence-corrected chi connectivity index (χ0v) is 12.5. The number of amides is 1. The van der Waals surface area contributed by atoms with Crippen molar-refractivity contribution in [2.45, 2.75) is 33.3 Å². The van der Waals surface area contributed by atoms with Crippen molar-refractivity contribution >= 4 is 29.1 Å². The number of hydrogen-bond acceptors (Lipinski definition) is 3. The van der Waals surface area contributed by atoms with E-state index in [1.54, 1.807) is 4.90 Å². The third-order valence-corrected chi connectivity index (χ3v) is 3.31. The van der Waals surface area contributed by atoms with E-state index < -0.39 is 5.60 Å². The average Bonchev–Trinajstić information content (AvgIpc) is 2.31. The summed E-state index contributed by atoms with van der Waals surface area (Å²) in [7, 11) is 0. The van der Waals surface area contributed by atoms with Crippen molar-refractivity contribution < 1.29 is 9.53 Å². The van der Waals surface area contributed by atoms with Gasteiger partial charge in [-0.2, -0.15) is 0 Å². The van der Waals surface area contributed by atoms with E-state index in [0.29, 0.717) is 18.1 Å². The lowest BCUT2D eigenvalue weighted by Crippen LogP contribution is -2.42. The predicted molar refractivity (Wildman–Crippen MR) is 78.3 cm³/mol. The maximum absolute atomic E-state index is 12.3. The number of rotatable bonds is 0. The second kappa shape index (κ2) is 4.93. The Morgan fingerprint density at radius 2 is 2.11 bits per heavy atom. The molecule has 4 nitrogen and oxygen atoms in total. The van der Waals surface area contributed by atoms with E-state index in [1.807, 2.05) is 39.8 Å². The SMILES string of the molecule is Cc1c(Cl)ccc2c1N(C(=O)OC(C)(C)C)CCN2. The summed E-state index contributed by atoms with van der Waals surface area (Å²) in [6.45, 7) is 8.76. The van der Waals surface area contributed by atoms with Gasteiger partial charge in [-0.1, -0.05) is 11.6 Å². The number of ether oxygens (including phenoxy) is 1. The normalized spacial score (nSPS) is 14.7. The van der Waals surface area contributed by atoms with Gasteiger partial charge in [0.1, 0.15) is 5.60 Å². The fourth-order valence-corrected chi connectivity index (χ4v) is 2.23. The Morgan fingerprint density at radius 3 is 2.74 bits per heavy atom. The molecule has 1 aromatic rings. The van der Waals surface area contributed by atoms with E-state index in [1.165, 1.54) is 0 Å². The van der Waals surface area contributed by atoms with Crippen LogP contribution in [0.3, 0.4) is 0 Å². The van der Waals surface area contributed by atoms with Gasteiger partial charge in [0.25, 0.3) is 0 Å². The molecule has 1 heterocycles. The second-order valence-electron chi connectivity index (χ2n) is 5.63. The number of benzene rings is 1. The molecule has 0 aliphatic carbocycles. The number of halogens is 1. The lowest BCUT2D eigenvalue weighted by atomic mass is 10.1. The van der Waals surface area contributed by atoms with E-state index in [2.05, 4.69) is 5.32 Å². The molecule has 2 rings (SSSR count). The van der Waals surface area contributed by atoms with E-state index in [0.717, 1.165) is 16.9 Å². The smallest absolute Gasteiger partial charge is 0.414 e. The van der Waals surface area contributed by atoms with Crippen molar-refractivity contribution in [2.24, 2.45) is 0 Å². The first-order valence-corrected chi connectivity index (χ1v) is 6.71. The van der Waals surface area contributed by atoms with Crippen molar-refractivity contribution in [1.29, 1.82) is 0 Å². The van der Waals surface area contributed by atoms with Crippen LogP contribution in [0.4, 0.5) is 16.2 Å². The van der Waals surface area contributed by atoms with Crippen LogP contribution in [-0.4, -0.2) is 24.8 Å². The molecule has 0 spiro atoms. The molecule has 1 N–H and O–H groups in total. The Morgan fingerprint density at radius 1 is 1.42 bits per heavy atom. The number of hydrogen-bond donors (Lipinski definition) is 1. The Bertz CT molecular complexity index is 509. The van der Waals surface area contributed by atoms with Crippen LogP contribution in [0, 0.1) is 6.92 Å². The monoisotopic (exact) mass is 282 g/mol. The molecule has 0 radical (unpaired) electrons. The molecule has 0 saturated heterocycles. The zero-order chi connectivity index (χ0) is 14.2. The lowest BCUT2D eigenvalue weighted by Gasteiger charge is -2.33. The van der Waals surface area contributed by atoms with Crippen molar-refractivity contribution in [3.8, 4) is 0 Å². The summed E-state index contributed by atoms with van der Waals surface area (Å²) in [5, 5.41) is 3.92. The van der Waals surface area contributed by atoms with Gasteiger partial charge in [-0.05, 0) is 45.4 Å². The Balaban J connectivity index is 2.37. The fraction of sp³-hybridized carbons (Fsp3) is 0.500.